The molecular weight excluding hydrogens is 266 g/mol. The van der Waals surface area contributed by atoms with E-state index in [1.807, 2.05) is 12.1 Å². The third-order valence-corrected chi connectivity index (χ3v) is 3.66. The molecule has 1 aliphatic rings. The molecule has 0 atom stereocenters. The van der Waals surface area contributed by atoms with Gasteiger partial charge < -0.3 is 15.2 Å². The van der Waals surface area contributed by atoms with E-state index in [1.54, 1.807) is 12.1 Å². The summed E-state index contributed by atoms with van der Waals surface area (Å²) >= 11 is 0. The van der Waals surface area contributed by atoms with E-state index in [0.717, 1.165) is 12.8 Å². The third kappa shape index (κ3) is 5.23. The van der Waals surface area contributed by atoms with Crippen LogP contribution in [0.25, 0.3) is 0 Å². The van der Waals surface area contributed by atoms with Gasteiger partial charge in [-0.1, -0.05) is 29.8 Å². The monoisotopic (exact) mass is 289 g/mol. The number of benzene rings is 1. The Kier molecular flexibility index (Phi) is 6.28. The van der Waals surface area contributed by atoms with Gasteiger partial charge in [-0.15, -0.1) is 0 Å². The lowest BCUT2D eigenvalue weighted by Crippen LogP contribution is -2.30. The molecule has 2 rings (SSSR count). The number of carbonyl (C=O) groups is 1. The van der Waals surface area contributed by atoms with Gasteiger partial charge in [-0.2, -0.15) is 0 Å². The molecular formula is C17H23NO3. The molecule has 0 saturated heterocycles. The number of para-hydroxylation sites is 1. The highest BCUT2D eigenvalue weighted by Gasteiger charge is 2.07. The molecule has 0 spiro atoms. The average Bonchev–Trinajstić information content (AvgIpc) is 2.54. The maximum absolute atomic E-state index is 11.7. The first-order chi connectivity index (χ1) is 10.3. The van der Waals surface area contributed by atoms with Crippen molar-refractivity contribution in [2.45, 2.75) is 38.7 Å². The van der Waals surface area contributed by atoms with Crippen molar-refractivity contribution in [3.8, 4) is 5.75 Å². The number of rotatable bonds is 7. The average molecular weight is 289 g/mol. The third-order valence-electron chi connectivity index (χ3n) is 3.66. The van der Waals surface area contributed by atoms with Gasteiger partial charge in [-0.05, 0) is 38.2 Å². The van der Waals surface area contributed by atoms with Crippen molar-refractivity contribution >= 4 is 5.91 Å². The molecule has 1 aromatic rings. The van der Waals surface area contributed by atoms with Gasteiger partial charge in [0.1, 0.15) is 5.75 Å². The fourth-order valence-electron chi connectivity index (χ4n) is 2.46. The molecule has 0 aliphatic heterocycles. The minimum absolute atomic E-state index is 0.0178. The van der Waals surface area contributed by atoms with Crippen LogP contribution in [0.15, 0.2) is 35.9 Å². The zero-order valence-electron chi connectivity index (χ0n) is 12.3. The highest BCUT2D eigenvalue weighted by atomic mass is 16.5. The standard InChI is InChI=1S/C17H23NO3/c19-12-15-8-4-5-9-16(15)21-13-17(20)18-11-10-14-6-2-1-3-7-14/h4-6,8-9,19H,1-3,7,10-13H2,(H,18,20). The molecule has 0 aromatic heterocycles. The van der Waals surface area contributed by atoms with Crippen LogP contribution in [0.5, 0.6) is 5.75 Å². The second-order valence-electron chi connectivity index (χ2n) is 5.26. The van der Waals surface area contributed by atoms with E-state index in [1.165, 1.54) is 24.8 Å². The molecule has 2 N–H and O–H groups in total. The predicted octanol–water partition coefficient (Wildman–Crippen LogP) is 2.56. The van der Waals surface area contributed by atoms with E-state index >= 15 is 0 Å². The van der Waals surface area contributed by atoms with Crippen LogP contribution in [0.4, 0.5) is 0 Å². The number of amides is 1. The van der Waals surface area contributed by atoms with Crippen molar-refractivity contribution in [1.82, 2.24) is 5.32 Å². The predicted molar refractivity (Wildman–Crippen MR) is 82.0 cm³/mol. The molecule has 0 bridgehead atoms. The van der Waals surface area contributed by atoms with Crippen molar-refractivity contribution in [1.29, 1.82) is 0 Å². The van der Waals surface area contributed by atoms with Crippen molar-refractivity contribution < 1.29 is 14.6 Å². The number of ether oxygens (including phenoxy) is 1. The number of aliphatic hydroxyl groups is 1. The van der Waals surface area contributed by atoms with Gasteiger partial charge in [0.05, 0.1) is 6.61 Å². The zero-order valence-corrected chi connectivity index (χ0v) is 12.3. The minimum Gasteiger partial charge on any atom is -0.483 e. The van der Waals surface area contributed by atoms with Crippen molar-refractivity contribution in [2.24, 2.45) is 0 Å². The van der Waals surface area contributed by atoms with E-state index < -0.39 is 0 Å². The Morgan fingerprint density at radius 1 is 1.29 bits per heavy atom. The quantitative estimate of drug-likeness (QED) is 0.758. The molecule has 114 valence electrons. The number of hydrogen-bond acceptors (Lipinski definition) is 3. The molecule has 4 heteroatoms. The molecule has 0 heterocycles. The summed E-state index contributed by atoms with van der Waals surface area (Å²) < 4.78 is 5.45. The summed E-state index contributed by atoms with van der Waals surface area (Å²) in [6, 6.07) is 7.19. The molecule has 0 fully saturated rings. The van der Waals surface area contributed by atoms with Gasteiger partial charge in [-0.3, -0.25) is 4.79 Å². The number of allylic oxidation sites excluding steroid dienone is 1. The zero-order chi connectivity index (χ0) is 14.9. The molecule has 0 saturated carbocycles. The van der Waals surface area contributed by atoms with Crippen LogP contribution < -0.4 is 10.1 Å². The maximum atomic E-state index is 11.7. The summed E-state index contributed by atoms with van der Waals surface area (Å²) in [5, 5.41) is 12.1. The molecule has 1 aliphatic carbocycles. The van der Waals surface area contributed by atoms with Gasteiger partial charge in [0.2, 0.25) is 0 Å². The second kappa shape index (κ2) is 8.47. The topological polar surface area (TPSA) is 58.6 Å². The van der Waals surface area contributed by atoms with Gasteiger partial charge >= 0.3 is 0 Å². The highest BCUT2D eigenvalue weighted by molar-refractivity contribution is 5.77. The Morgan fingerprint density at radius 3 is 2.90 bits per heavy atom. The largest absolute Gasteiger partial charge is 0.483 e. The summed E-state index contributed by atoms with van der Waals surface area (Å²) in [6.45, 7) is 0.553. The minimum atomic E-state index is -0.126. The first kappa shape index (κ1) is 15.6. The summed E-state index contributed by atoms with van der Waals surface area (Å²) in [6.07, 6.45) is 8.11. The fourth-order valence-corrected chi connectivity index (χ4v) is 2.46. The summed E-state index contributed by atoms with van der Waals surface area (Å²) in [7, 11) is 0. The van der Waals surface area contributed by atoms with E-state index in [9.17, 15) is 9.90 Å². The summed E-state index contributed by atoms with van der Waals surface area (Å²) in [5.74, 6) is 0.435. The van der Waals surface area contributed by atoms with Crippen LogP contribution in [0.2, 0.25) is 0 Å². The molecule has 0 unspecified atom stereocenters. The summed E-state index contributed by atoms with van der Waals surface area (Å²) in [4.78, 5) is 11.7. The van der Waals surface area contributed by atoms with Crippen molar-refractivity contribution in [3.63, 3.8) is 0 Å². The van der Waals surface area contributed by atoms with Gasteiger partial charge in [0.25, 0.3) is 5.91 Å². The van der Waals surface area contributed by atoms with Crippen LogP contribution >= 0.6 is 0 Å². The lowest BCUT2D eigenvalue weighted by molar-refractivity contribution is -0.123. The Labute approximate surface area is 125 Å². The van der Waals surface area contributed by atoms with Crippen LogP contribution in [0, 0.1) is 0 Å². The first-order valence-electron chi connectivity index (χ1n) is 7.56. The first-order valence-corrected chi connectivity index (χ1v) is 7.56. The van der Waals surface area contributed by atoms with Crippen molar-refractivity contribution in [3.05, 3.63) is 41.5 Å². The molecule has 4 nitrogen and oxygen atoms in total. The Bertz CT molecular complexity index is 497. The van der Waals surface area contributed by atoms with Gasteiger partial charge in [0.15, 0.2) is 6.61 Å². The molecule has 1 aromatic carbocycles. The van der Waals surface area contributed by atoms with Crippen LogP contribution in [-0.4, -0.2) is 24.2 Å². The second-order valence-corrected chi connectivity index (χ2v) is 5.26. The molecule has 0 radical (unpaired) electrons. The number of nitrogens with one attached hydrogen (secondary N) is 1. The van der Waals surface area contributed by atoms with Gasteiger partial charge in [-0.25, -0.2) is 0 Å². The normalized spacial score (nSPS) is 14.4. The number of aliphatic hydroxyl groups excluding tert-OH is 1. The van der Waals surface area contributed by atoms with Crippen LogP contribution in [-0.2, 0) is 11.4 Å². The van der Waals surface area contributed by atoms with E-state index in [2.05, 4.69) is 11.4 Å². The van der Waals surface area contributed by atoms with E-state index in [-0.39, 0.29) is 19.1 Å². The Morgan fingerprint density at radius 2 is 2.14 bits per heavy atom. The number of hydrogen-bond donors (Lipinski definition) is 2. The maximum Gasteiger partial charge on any atom is 0.257 e. The van der Waals surface area contributed by atoms with Crippen LogP contribution in [0.3, 0.4) is 0 Å². The lowest BCUT2D eigenvalue weighted by atomic mass is 9.97. The highest BCUT2D eigenvalue weighted by Crippen LogP contribution is 2.19. The lowest BCUT2D eigenvalue weighted by Gasteiger charge is -2.13. The Balaban J connectivity index is 1.68. The SMILES string of the molecule is O=C(COc1ccccc1CO)NCCC1=CCCCC1. The van der Waals surface area contributed by atoms with E-state index in [4.69, 9.17) is 4.74 Å². The van der Waals surface area contributed by atoms with Crippen molar-refractivity contribution in [2.75, 3.05) is 13.2 Å². The smallest absolute Gasteiger partial charge is 0.257 e. The Hall–Kier alpha value is -1.81. The summed E-state index contributed by atoms with van der Waals surface area (Å²) in [5.41, 5.74) is 2.14. The van der Waals surface area contributed by atoms with E-state index in [0.29, 0.717) is 17.9 Å². The number of carbonyl (C=O) groups excluding carboxylic acids is 1. The fraction of sp³-hybridized carbons (Fsp3) is 0.471. The molecule has 1 amide bonds. The van der Waals surface area contributed by atoms with Crippen LogP contribution in [0.1, 0.15) is 37.7 Å². The molecule has 21 heavy (non-hydrogen) atoms. The van der Waals surface area contributed by atoms with Gasteiger partial charge in [0, 0.05) is 12.1 Å².